The van der Waals surface area contributed by atoms with Gasteiger partial charge in [0, 0.05) is 12.7 Å². The van der Waals surface area contributed by atoms with Crippen molar-refractivity contribution in [3.63, 3.8) is 0 Å². The molecular weight excluding hydrogens is 346 g/mol. The summed E-state index contributed by atoms with van der Waals surface area (Å²) >= 11 is 0. The van der Waals surface area contributed by atoms with Gasteiger partial charge >= 0.3 is 5.97 Å². The van der Waals surface area contributed by atoms with Crippen LogP contribution in [0.2, 0.25) is 0 Å². The summed E-state index contributed by atoms with van der Waals surface area (Å²) < 4.78 is 5.87. The maximum Gasteiger partial charge on any atom is 0.322 e. The van der Waals surface area contributed by atoms with Gasteiger partial charge in [-0.25, -0.2) is 4.98 Å². The number of aliphatic carboxylic acids is 1. The molecule has 140 valence electrons. The predicted octanol–water partition coefficient (Wildman–Crippen LogP) is 1.85. The van der Waals surface area contributed by atoms with Crippen molar-refractivity contribution in [3.05, 3.63) is 65.5 Å². The van der Waals surface area contributed by atoms with E-state index in [4.69, 9.17) is 9.84 Å². The second-order valence-electron chi connectivity index (χ2n) is 6.10. The molecule has 3 rings (SSSR count). The Morgan fingerprint density at radius 1 is 1.26 bits per heavy atom. The van der Waals surface area contributed by atoms with Gasteiger partial charge in [-0.1, -0.05) is 36.4 Å². The highest BCUT2D eigenvalue weighted by Gasteiger charge is 2.18. The van der Waals surface area contributed by atoms with Crippen LogP contribution in [0.1, 0.15) is 28.0 Å². The molecule has 0 radical (unpaired) electrons. The second-order valence-corrected chi connectivity index (χ2v) is 6.10. The number of benzene rings is 1. The molecule has 3 N–H and O–H groups in total. The van der Waals surface area contributed by atoms with Gasteiger partial charge in [0.15, 0.2) is 11.4 Å². The summed E-state index contributed by atoms with van der Waals surface area (Å²) in [6, 6.07) is 11.4. The lowest BCUT2D eigenvalue weighted by atomic mass is 10.0. The number of nitrogens with zero attached hydrogens (tertiary/aromatic N) is 1. The van der Waals surface area contributed by atoms with Crippen LogP contribution < -0.4 is 15.4 Å². The third kappa shape index (κ3) is 5.15. The first-order valence-electron chi connectivity index (χ1n) is 8.70. The summed E-state index contributed by atoms with van der Waals surface area (Å²) in [5.74, 6) is -1.36. The van der Waals surface area contributed by atoms with Gasteiger partial charge in [-0.3, -0.25) is 9.59 Å². The number of ether oxygens (including phenoxy) is 1. The Morgan fingerprint density at radius 2 is 2.07 bits per heavy atom. The van der Waals surface area contributed by atoms with Gasteiger partial charge in [0.1, 0.15) is 13.2 Å². The molecule has 2 aromatic rings. The number of carboxylic acid groups (broad SMARTS) is 1. The Morgan fingerprint density at radius 3 is 2.78 bits per heavy atom. The maximum absolute atomic E-state index is 12.3. The summed E-state index contributed by atoms with van der Waals surface area (Å²) in [7, 11) is 0. The summed E-state index contributed by atoms with van der Waals surface area (Å²) in [4.78, 5) is 27.3. The molecule has 7 heteroatoms. The normalized spacial score (nSPS) is 13.6. The number of aromatic nitrogens is 1. The Hall–Kier alpha value is -3.19. The summed E-state index contributed by atoms with van der Waals surface area (Å²) in [5, 5.41) is 14.4. The van der Waals surface area contributed by atoms with Gasteiger partial charge < -0.3 is 20.5 Å². The standard InChI is InChI=1S/C20H21N3O4/c24-18(25)12-23-20(26)19-17(27-13-14-4-2-1-3-5-14)10-16(11-22-19)15-6-8-21-9-7-15/h1-6,10-11,21H,7-9,12-13H2,(H,23,26)(H,24,25). The molecular formula is C20H21N3O4. The van der Waals surface area contributed by atoms with Crippen LogP contribution in [-0.4, -0.2) is 41.6 Å². The highest BCUT2D eigenvalue weighted by Crippen LogP contribution is 2.26. The molecule has 1 aliphatic heterocycles. The average Bonchev–Trinajstić information content (AvgIpc) is 2.71. The molecule has 2 heterocycles. The molecule has 1 amide bonds. The van der Waals surface area contributed by atoms with E-state index in [0.29, 0.717) is 5.75 Å². The fraction of sp³-hybridized carbons (Fsp3) is 0.250. The lowest BCUT2D eigenvalue weighted by Crippen LogP contribution is -2.30. The molecule has 0 fully saturated rings. The molecule has 27 heavy (non-hydrogen) atoms. The summed E-state index contributed by atoms with van der Waals surface area (Å²) in [6.45, 7) is 1.48. The highest BCUT2D eigenvalue weighted by molar-refractivity contribution is 5.96. The number of carboxylic acids is 1. The van der Waals surface area contributed by atoms with Crippen molar-refractivity contribution in [1.82, 2.24) is 15.6 Å². The van der Waals surface area contributed by atoms with Crippen molar-refractivity contribution in [3.8, 4) is 5.75 Å². The molecule has 0 saturated heterocycles. The first kappa shape index (κ1) is 18.6. The molecule has 0 saturated carbocycles. The number of hydrogen-bond acceptors (Lipinski definition) is 5. The van der Waals surface area contributed by atoms with Crippen LogP contribution in [0.4, 0.5) is 0 Å². The third-order valence-corrected chi connectivity index (χ3v) is 4.14. The SMILES string of the molecule is O=C(O)CNC(=O)c1ncc(C2=CCNCC2)cc1OCc1ccccc1. The molecule has 7 nitrogen and oxygen atoms in total. The van der Waals surface area contributed by atoms with Crippen LogP contribution in [0.15, 0.2) is 48.7 Å². The lowest BCUT2D eigenvalue weighted by Gasteiger charge is -2.16. The van der Waals surface area contributed by atoms with Gasteiger partial charge in [-0.05, 0) is 35.7 Å². The van der Waals surface area contributed by atoms with Crippen LogP contribution in [0.5, 0.6) is 5.75 Å². The van der Waals surface area contributed by atoms with Crippen LogP contribution in [-0.2, 0) is 11.4 Å². The minimum atomic E-state index is -1.12. The molecule has 1 aromatic carbocycles. The molecule has 0 aliphatic carbocycles. The van der Waals surface area contributed by atoms with E-state index in [1.165, 1.54) is 0 Å². The molecule has 0 spiro atoms. The Bertz CT molecular complexity index is 850. The van der Waals surface area contributed by atoms with E-state index in [0.717, 1.165) is 36.2 Å². The van der Waals surface area contributed by atoms with E-state index in [1.807, 2.05) is 30.3 Å². The zero-order valence-electron chi connectivity index (χ0n) is 14.8. The van der Waals surface area contributed by atoms with E-state index in [9.17, 15) is 9.59 Å². The minimum absolute atomic E-state index is 0.0745. The average molecular weight is 367 g/mol. The van der Waals surface area contributed by atoms with Crippen molar-refractivity contribution in [2.24, 2.45) is 0 Å². The number of carbonyl (C=O) groups is 2. The van der Waals surface area contributed by atoms with Gasteiger partial charge in [0.05, 0.1) is 0 Å². The van der Waals surface area contributed by atoms with Crippen molar-refractivity contribution in [1.29, 1.82) is 0 Å². The first-order valence-corrected chi connectivity index (χ1v) is 8.70. The molecule has 1 aliphatic rings. The number of nitrogens with one attached hydrogen (secondary N) is 2. The maximum atomic E-state index is 12.3. The molecule has 0 bridgehead atoms. The monoisotopic (exact) mass is 367 g/mol. The third-order valence-electron chi connectivity index (χ3n) is 4.14. The molecule has 0 unspecified atom stereocenters. The fourth-order valence-electron chi connectivity index (χ4n) is 2.76. The number of pyridine rings is 1. The first-order chi connectivity index (χ1) is 13.1. The quantitative estimate of drug-likeness (QED) is 0.691. The second kappa shape index (κ2) is 8.95. The lowest BCUT2D eigenvalue weighted by molar-refractivity contribution is -0.135. The van der Waals surface area contributed by atoms with Gasteiger partial charge in [0.25, 0.3) is 5.91 Å². The Balaban J connectivity index is 1.85. The number of hydrogen-bond donors (Lipinski definition) is 3. The Kier molecular flexibility index (Phi) is 6.17. The predicted molar refractivity (Wildman–Crippen MR) is 100 cm³/mol. The fourth-order valence-corrected chi connectivity index (χ4v) is 2.76. The molecule has 0 atom stereocenters. The van der Waals surface area contributed by atoms with Gasteiger partial charge in [-0.15, -0.1) is 0 Å². The van der Waals surface area contributed by atoms with Crippen LogP contribution in [0.3, 0.4) is 0 Å². The van der Waals surface area contributed by atoms with E-state index < -0.39 is 18.4 Å². The van der Waals surface area contributed by atoms with Crippen molar-refractivity contribution >= 4 is 17.4 Å². The smallest absolute Gasteiger partial charge is 0.322 e. The van der Waals surface area contributed by atoms with Gasteiger partial charge in [-0.2, -0.15) is 0 Å². The van der Waals surface area contributed by atoms with Crippen molar-refractivity contribution < 1.29 is 19.4 Å². The van der Waals surface area contributed by atoms with Crippen LogP contribution >= 0.6 is 0 Å². The topological polar surface area (TPSA) is 101 Å². The van der Waals surface area contributed by atoms with E-state index in [2.05, 4.69) is 21.7 Å². The summed E-state index contributed by atoms with van der Waals surface area (Å²) in [5.41, 5.74) is 3.07. The van der Waals surface area contributed by atoms with Crippen LogP contribution in [0, 0.1) is 0 Å². The van der Waals surface area contributed by atoms with E-state index >= 15 is 0 Å². The minimum Gasteiger partial charge on any atom is -0.486 e. The number of amides is 1. The summed E-state index contributed by atoms with van der Waals surface area (Å²) in [6.07, 6.45) is 4.58. The highest BCUT2D eigenvalue weighted by atomic mass is 16.5. The van der Waals surface area contributed by atoms with Gasteiger partial charge in [0.2, 0.25) is 0 Å². The number of carbonyl (C=O) groups excluding carboxylic acids is 1. The van der Waals surface area contributed by atoms with E-state index in [1.54, 1.807) is 12.3 Å². The van der Waals surface area contributed by atoms with E-state index in [-0.39, 0.29) is 12.3 Å². The van der Waals surface area contributed by atoms with Crippen molar-refractivity contribution in [2.75, 3.05) is 19.6 Å². The molecule has 1 aromatic heterocycles. The number of rotatable bonds is 7. The Labute approximate surface area is 157 Å². The van der Waals surface area contributed by atoms with Crippen molar-refractivity contribution in [2.45, 2.75) is 13.0 Å². The zero-order valence-corrected chi connectivity index (χ0v) is 14.8. The van der Waals surface area contributed by atoms with Crippen LogP contribution in [0.25, 0.3) is 5.57 Å². The largest absolute Gasteiger partial charge is 0.486 e. The zero-order chi connectivity index (χ0) is 19.1.